The van der Waals surface area contributed by atoms with Crippen molar-refractivity contribution in [2.45, 2.75) is 6.92 Å². The molecule has 0 spiro atoms. The third-order valence-electron chi connectivity index (χ3n) is 3.50. The summed E-state index contributed by atoms with van der Waals surface area (Å²) in [6.45, 7) is 1.91. The average Bonchev–Trinajstić information content (AvgIpc) is 2.98. The predicted octanol–water partition coefficient (Wildman–Crippen LogP) is 3.51. The van der Waals surface area contributed by atoms with Crippen LogP contribution in [0, 0.1) is 18.3 Å². The van der Waals surface area contributed by atoms with Gasteiger partial charge in [-0.2, -0.15) is 5.26 Å². The number of aryl methyl sites for hydroxylation is 1. The summed E-state index contributed by atoms with van der Waals surface area (Å²) in [5.41, 5.74) is 4.52. The van der Waals surface area contributed by atoms with Gasteiger partial charge in [-0.1, -0.05) is 12.1 Å². The third kappa shape index (κ3) is 3.11. The maximum atomic E-state index is 12.3. The Morgan fingerprint density at radius 3 is 2.70 bits per heavy atom. The van der Waals surface area contributed by atoms with E-state index in [4.69, 9.17) is 5.26 Å². The van der Waals surface area contributed by atoms with Gasteiger partial charge in [-0.15, -0.1) is 0 Å². The molecule has 0 aliphatic carbocycles. The third-order valence-corrected chi connectivity index (χ3v) is 3.50. The van der Waals surface area contributed by atoms with Crippen LogP contribution in [0.3, 0.4) is 0 Å². The topological polar surface area (TPSA) is 81.6 Å². The molecule has 3 aromatic rings. The highest BCUT2D eigenvalue weighted by molar-refractivity contribution is 6.04. The Hall–Kier alpha value is -3.39. The molecule has 0 aliphatic heterocycles. The highest BCUT2D eigenvalue weighted by Crippen LogP contribution is 2.25. The van der Waals surface area contributed by atoms with Gasteiger partial charge < -0.3 is 10.3 Å². The van der Waals surface area contributed by atoms with Crippen LogP contribution in [-0.2, 0) is 0 Å². The van der Waals surface area contributed by atoms with E-state index in [-0.39, 0.29) is 5.91 Å². The summed E-state index contributed by atoms with van der Waals surface area (Å²) in [7, 11) is 0. The maximum absolute atomic E-state index is 12.3. The molecule has 0 atom stereocenters. The number of pyridine rings is 1. The van der Waals surface area contributed by atoms with Crippen molar-refractivity contribution in [3.63, 3.8) is 0 Å². The number of hydrogen-bond donors (Lipinski definition) is 2. The minimum absolute atomic E-state index is 0.221. The zero-order valence-corrected chi connectivity index (χ0v) is 12.5. The van der Waals surface area contributed by atoms with Crippen LogP contribution in [0.25, 0.3) is 11.1 Å². The molecule has 0 bridgehead atoms. The van der Waals surface area contributed by atoms with Crippen LogP contribution in [-0.4, -0.2) is 15.9 Å². The average molecular weight is 302 g/mol. The first-order valence-electron chi connectivity index (χ1n) is 7.09. The van der Waals surface area contributed by atoms with Crippen molar-refractivity contribution in [2.24, 2.45) is 0 Å². The van der Waals surface area contributed by atoms with Gasteiger partial charge in [0.25, 0.3) is 5.91 Å². The smallest absolute Gasteiger partial charge is 0.272 e. The van der Waals surface area contributed by atoms with Gasteiger partial charge in [0.05, 0.1) is 23.5 Å². The number of nitrogens with zero attached hydrogens (tertiary/aromatic N) is 2. The van der Waals surface area contributed by atoms with Crippen molar-refractivity contribution >= 4 is 11.6 Å². The van der Waals surface area contributed by atoms with E-state index in [9.17, 15) is 4.79 Å². The number of nitriles is 1. The number of anilines is 1. The summed E-state index contributed by atoms with van der Waals surface area (Å²) in [4.78, 5) is 19.4. The van der Waals surface area contributed by atoms with E-state index in [1.165, 1.54) is 0 Å². The lowest BCUT2D eigenvalue weighted by molar-refractivity contribution is 0.102. The van der Waals surface area contributed by atoms with Crippen molar-refractivity contribution in [3.8, 4) is 17.2 Å². The second-order valence-corrected chi connectivity index (χ2v) is 5.11. The summed E-state index contributed by atoms with van der Waals surface area (Å²) in [6, 6.07) is 14.7. The quantitative estimate of drug-likeness (QED) is 0.776. The van der Waals surface area contributed by atoms with E-state index in [2.05, 4.69) is 21.4 Å². The van der Waals surface area contributed by atoms with E-state index < -0.39 is 0 Å². The van der Waals surface area contributed by atoms with Crippen LogP contribution in [0.1, 0.15) is 21.7 Å². The fourth-order valence-corrected chi connectivity index (χ4v) is 2.34. The van der Waals surface area contributed by atoms with Crippen LogP contribution in [0.5, 0.6) is 0 Å². The van der Waals surface area contributed by atoms with Crippen LogP contribution in [0.15, 0.2) is 54.9 Å². The monoisotopic (exact) mass is 302 g/mol. The van der Waals surface area contributed by atoms with Crippen LogP contribution in [0.2, 0.25) is 0 Å². The largest absolute Gasteiger partial charge is 0.354 e. The zero-order valence-electron chi connectivity index (χ0n) is 12.5. The Labute approximate surface area is 133 Å². The second kappa shape index (κ2) is 6.16. The predicted molar refractivity (Wildman–Crippen MR) is 87.9 cm³/mol. The van der Waals surface area contributed by atoms with E-state index in [1.54, 1.807) is 36.7 Å². The molecule has 0 saturated heterocycles. The standard InChI is InChI=1S/C18H14N4O/c1-12-16(14-6-4-13(10-19)5-7-14)9-17(21-12)18(23)22-15-3-2-8-20-11-15/h2-9,11,21H,1H3,(H,22,23). The van der Waals surface area contributed by atoms with Crippen molar-refractivity contribution in [2.75, 3.05) is 5.32 Å². The number of benzene rings is 1. The zero-order chi connectivity index (χ0) is 16.2. The molecule has 0 unspecified atom stereocenters. The number of amides is 1. The van der Waals surface area contributed by atoms with Crippen LogP contribution in [0.4, 0.5) is 5.69 Å². The Morgan fingerprint density at radius 2 is 2.04 bits per heavy atom. The first kappa shape index (κ1) is 14.5. The first-order valence-corrected chi connectivity index (χ1v) is 7.09. The van der Waals surface area contributed by atoms with Gasteiger partial charge in [0.2, 0.25) is 0 Å². The van der Waals surface area contributed by atoms with E-state index in [0.29, 0.717) is 16.9 Å². The Kier molecular flexibility index (Phi) is 3.89. The highest BCUT2D eigenvalue weighted by atomic mass is 16.1. The number of carbonyl (C=O) groups excluding carboxylic acids is 1. The molecular weight excluding hydrogens is 288 g/mol. The van der Waals surface area contributed by atoms with Gasteiger partial charge in [-0.05, 0) is 42.8 Å². The van der Waals surface area contributed by atoms with Gasteiger partial charge in [0.15, 0.2) is 0 Å². The van der Waals surface area contributed by atoms with Crippen molar-refractivity contribution in [1.82, 2.24) is 9.97 Å². The van der Waals surface area contributed by atoms with E-state index in [1.807, 2.05) is 25.1 Å². The Bertz CT molecular complexity index is 874. The van der Waals surface area contributed by atoms with Crippen molar-refractivity contribution in [1.29, 1.82) is 5.26 Å². The Morgan fingerprint density at radius 1 is 1.26 bits per heavy atom. The molecule has 3 rings (SSSR count). The summed E-state index contributed by atoms with van der Waals surface area (Å²) in [5, 5.41) is 11.6. The van der Waals surface area contributed by atoms with Gasteiger partial charge in [-0.25, -0.2) is 0 Å². The molecule has 0 radical (unpaired) electrons. The summed E-state index contributed by atoms with van der Waals surface area (Å²) >= 11 is 0. The first-order chi connectivity index (χ1) is 11.2. The molecule has 1 aromatic carbocycles. The number of aromatic nitrogens is 2. The van der Waals surface area contributed by atoms with Crippen LogP contribution < -0.4 is 5.32 Å². The van der Waals surface area contributed by atoms with Crippen molar-refractivity contribution in [3.05, 3.63) is 71.8 Å². The minimum atomic E-state index is -0.221. The molecule has 1 amide bonds. The number of hydrogen-bond acceptors (Lipinski definition) is 3. The molecule has 2 N–H and O–H groups in total. The lowest BCUT2D eigenvalue weighted by atomic mass is 10.0. The number of rotatable bonds is 3. The van der Waals surface area contributed by atoms with Gasteiger partial charge in [-0.3, -0.25) is 9.78 Å². The van der Waals surface area contributed by atoms with Gasteiger partial charge in [0, 0.05) is 17.5 Å². The molecule has 0 aliphatic rings. The normalized spacial score (nSPS) is 10.1. The van der Waals surface area contributed by atoms with Gasteiger partial charge >= 0.3 is 0 Å². The molecule has 2 aromatic heterocycles. The molecule has 23 heavy (non-hydrogen) atoms. The SMILES string of the molecule is Cc1[nH]c(C(=O)Nc2cccnc2)cc1-c1ccc(C#N)cc1. The highest BCUT2D eigenvalue weighted by Gasteiger charge is 2.13. The van der Waals surface area contributed by atoms with Gasteiger partial charge in [0.1, 0.15) is 5.69 Å². The molecular formula is C18H14N4O. The molecule has 0 saturated carbocycles. The number of carbonyl (C=O) groups is 1. The lowest BCUT2D eigenvalue weighted by Crippen LogP contribution is -2.12. The number of H-pyrrole nitrogens is 1. The van der Waals surface area contributed by atoms with E-state index >= 15 is 0 Å². The fraction of sp³-hybridized carbons (Fsp3) is 0.0556. The summed E-state index contributed by atoms with van der Waals surface area (Å²) in [6.07, 6.45) is 3.24. The molecule has 5 nitrogen and oxygen atoms in total. The summed E-state index contributed by atoms with van der Waals surface area (Å²) < 4.78 is 0. The van der Waals surface area contributed by atoms with Crippen molar-refractivity contribution < 1.29 is 4.79 Å². The Balaban J connectivity index is 1.85. The molecule has 2 heterocycles. The molecule has 0 fully saturated rings. The maximum Gasteiger partial charge on any atom is 0.272 e. The number of nitrogens with one attached hydrogen (secondary N) is 2. The minimum Gasteiger partial charge on any atom is -0.354 e. The molecule has 5 heteroatoms. The van der Waals surface area contributed by atoms with E-state index in [0.717, 1.165) is 16.8 Å². The van der Waals surface area contributed by atoms with Crippen LogP contribution >= 0.6 is 0 Å². The summed E-state index contributed by atoms with van der Waals surface area (Å²) in [5.74, 6) is -0.221. The second-order valence-electron chi connectivity index (χ2n) is 5.11. The fourth-order valence-electron chi connectivity index (χ4n) is 2.34. The lowest BCUT2D eigenvalue weighted by Gasteiger charge is -2.02. The molecule has 112 valence electrons. The number of aromatic amines is 1.